The Morgan fingerprint density at radius 3 is 2.79 bits per heavy atom. The van der Waals surface area contributed by atoms with Crippen molar-refractivity contribution in [3.05, 3.63) is 23.8 Å². The zero-order valence-corrected chi connectivity index (χ0v) is 14.7. The molecule has 0 unspecified atom stereocenters. The van der Waals surface area contributed by atoms with Crippen molar-refractivity contribution in [2.24, 2.45) is 0 Å². The molecule has 2 atom stereocenters. The maximum atomic E-state index is 12.7. The predicted octanol–water partition coefficient (Wildman–Crippen LogP) is 2.05. The summed E-state index contributed by atoms with van der Waals surface area (Å²) in [6.45, 7) is 4.73. The van der Waals surface area contributed by atoms with Crippen molar-refractivity contribution in [3.8, 4) is 0 Å². The Balaban J connectivity index is 2.28. The van der Waals surface area contributed by atoms with Crippen molar-refractivity contribution >= 4 is 21.7 Å². The molecular weight excluding hydrogens is 332 g/mol. The molecule has 1 saturated heterocycles. The van der Waals surface area contributed by atoms with E-state index in [-0.39, 0.29) is 29.1 Å². The van der Waals surface area contributed by atoms with Gasteiger partial charge >= 0.3 is 5.97 Å². The van der Waals surface area contributed by atoms with Gasteiger partial charge in [0.1, 0.15) is 4.90 Å². The van der Waals surface area contributed by atoms with Crippen LogP contribution in [-0.2, 0) is 14.8 Å². The molecular formula is C16H24N2O5S. The Morgan fingerprint density at radius 2 is 2.21 bits per heavy atom. The highest BCUT2D eigenvalue weighted by molar-refractivity contribution is 7.89. The molecule has 1 aliphatic heterocycles. The van der Waals surface area contributed by atoms with E-state index >= 15 is 0 Å². The molecule has 0 aromatic heterocycles. The summed E-state index contributed by atoms with van der Waals surface area (Å²) in [6.07, 6.45) is 2.41. The van der Waals surface area contributed by atoms with Crippen LogP contribution in [0.25, 0.3) is 0 Å². The van der Waals surface area contributed by atoms with Crippen LogP contribution in [0.4, 0.5) is 5.69 Å². The number of sulfonamides is 1. The van der Waals surface area contributed by atoms with Crippen LogP contribution in [-0.4, -0.2) is 44.8 Å². The topological polar surface area (TPSA) is 105 Å². The fourth-order valence-electron chi connectivity index (χ4n) is 2.45. The van der Waals surface area contributed by atoms with Gasteiger partial charge in [0, 0.05) is 19.2 Å². The van der Waals surface area contributed by atoms with E-state index in [1.165, 1.54) is 18.2 Å². The lowest BCUT2D eigenvalue weighted by molar-refractivity contribution is 0.0696. The summed E-state index contributed by atoms with van der Waals surface area (Å²) in [6, 6.07) is 4.14. The Hall–Kier alpha value is -1.64. The summed E-state index contributed by atoms with van der Waals surface area (Å²) in [7, 11) is -3.84. The minimum atomic E-state index is -3.84. The fraction of sp³-hybridized carbons (Fsp3) is 0.562. The second-order valence-electron chi connectivity index (χ2n) is 5.96. The normalized spacial score (nSPS) is 19.2. The molecule has 0 saturated carbocycles. The summed E-state index contributed by atoms with van der Waals surface area (Å²) >= 11 is 0. The van der Waals surface area contributed by atoms with E-state index in [1.54, 1.807) is 0 Å². The average molecular weight is 356 g/mol. The number of nitrogens with one attached hydrogen (secondary N) is 2. The standard InChI is InChI=1S/C16H24N2O5S/c1-3-11(2)18-14-7-6-12(16(19)20)9-15(14)24(21,22)17-10-13-5-4-8-23-13/h6-7,9,11,13,17-18H,3-5,8,10H2,1-2H3,(H,19,20)/t11-,13+/m0/s1. The molecule has 134 valence electrons. The SMILES string of the molecule is CC[C@H](C)Nc1ccc(C(=O)O)cc1S(=O)(=O)NC[C@H]1CCCO1. The number of hydrogen-bond donors (Lipinski definition) is 3. The maximum absolute atomic E-state index is 12.7. The number of carboxylic acid groups (broad SMARTS) is 1. The zero-order chi connectivity index (χ0) is 17.7. The first-order chi connectivity index (χ1) is 11.3. The smallest absolute Gasteiger partial charge is 0.335 e. The van der Waals surface area contributed by atoms with Crippen LogP contribution in [0.5, 0.6) is 0 Å². The van der Waals surface area contributed by atoms with Gasteiger partial charge in [-0.3, -0.25) is 0 Å². The van der Waals surface area contributed by atoms with Gasteiger partial charge in [0.05, 0.1) is 17.4 Å². The largest absolute Gasteiger partial charge is 0.478 e. The zero-order valence-electron chi connectivity index (χ0n) is 13.9. The van der Waals surface area contributed by atoms with E-state index in [9.17, 15) is 13.2 Å². The van der Waals surface area contributed by atoms with Gasteiger partial charge in [0.2, 0.25) is 10.0 Å². The molecule has 1 fully saturated rings. The van der Waals surface area contributed by atoms with E-state index in [4.69, 9.17) is 9.84 Å². The lowest BCUT2D eigenvalue weighted by Crippen LogP contribution is -2.32. The fourth-order valence-corrected chi connectivity index (χ4v) is 3.71. The van der Waals surface area contributed by atoms with Crippen molar-refractivity contribution in [1.82, 2.24) is 4.72 Å². The number of benzene rings is 1. The molecule has 24 heavy (non-hydrogen) atoms. The lowest BCUT2D eigenvalue weighted by Gasteiger charge is -2.18. The molecule has 0 spiro atoms. The molecule has 1 aromatic rings. The summed E-state index contributed by atoms with van der Waals surface area (Å²) < 4.78 is 33.3. The van der Waals surface area contributed by atoms with Gasteiger partial charge in [-0.15, -0.1) is 0 Å². The Labute approximate surface area is 142 Å². The predicted molar refractivity (Wildman–Crippen MR) is 90.9 cm³/mol. The molecule has 8 heteroatoms. The van der Waals surface area contributed by atoms with E-state index in [2.05, 4.69) is 10.0 Å². The molecule has 0 amide bonds. The van der Waals surface area contributed by atoms with E-state index < -0.39 is 16.0 Å². The van der Waals surface area contributed by atoms with Crippen molar-refractivity contribution in [2.75, 3.05) is 18.5 Å². The van der Waals surface area contributed by atoms with Gasteiger partial charge < -0.3 is 15.2 Å². The van der Waals surface area contributed by atoms with Gasteiger partial charge in [-0.25, -0.2) is 17.9 Å². The minimum Gasteiger partial charge on any atom is -0.478 e. The van der Waals surface area contributed by atoms with Crippen molar-refractivity contribution in [1.29, 1.82) is 0 Å². The Kier molecular flexibility index (Phi) is 6.20. The average Bonchev–Trinajstić information content (AvgIpc) is 3.06. The number of hydrogen-bond acceptors (Lipinski definition) is 5. The molecule has 1 heterocycles. The Morgan fingerprint density at radius 1 is 1.46 bits per heavy atom. The molecule has 7 nitrogen and oxygen atoms in total. The quantitative estimate of drug-likeness (QED) is 0.658. The molecule has 0 radical (unpaired) electrons. The minimum absolute atomic E-state index is 0.0549. The summed E-state index contributed by atoms with van der Waals surface area (Å²) in [4.78, 5) is 11.1. The van der Waals surface area contributed by atoms with Gasteiger partial charge in [-0.2, -0.15) is 0 Å². The first-order valence-corrected chi connectivity index (χ1v) is 9.57. The number of carbonyl (C=O) groups is 1. The lowest BCUT2D eigenvalue weighted by atomic mass is 10.2. The molecule has 2 rings (SSSR count). The summed E-state index contributed by atoms with van der Waals surface area (Å²) in [5.74, 6) is -1.17. The number of anilines is 1. The summed E-state index contributed by atoms with van der Waals surface area (Å²) in [5.41, 5.74) is 0.330. The Bertz CT molecular complexity index is 684. The van der Waals surface area contributed by atoms with Gasteiger partial charge in [0.15, 0.2) is 0 Å². The van der Waals surface area contributed by atoms with E-state index in [0.717, 1.165) is 19.3 Å². The van der Waals surface area contributed by atoms with Crippen LogP contribution in [0, 0.1) is 0 Å². The molecule has 1 aliphatic rings. The second-order valence-corrected chi connectivity index (χ2v) is 7.69. The number of ether oxygens (including phenoxy) is 1. The van der Waals surface area contributed by atoms with Crippen LogP contribution in [0.2, 0.25) is 0 Å². The van der Waals surface area contributed by atoms with Gasteiger partial charge in [0.25, 0.3) is 0 Å². The van der Waals surface area contributed by atoms with Crippen molar-refractivity contribution in [3.63, 3.8) is 0 Å². The molecule has 1 aromatic carbocycles. The van der Waals surface area contributed by atoms with Crippen LogP contribution in [0.15, 0.2) is 23.1 Å². The molecule has 3 N–H and O–H groups in total. The molecule has 0 aliphatic carbocycles. The van der Waals surface area contributed by atoms with Gasteiger partial charge in [-0.1, -0.05) is 6.92 Å². The maximum Gasteiger partial charge on any atom is 0.335 e. The van der Waals surface area contributed by atoms with E-state index in [0.29, 0.717) is 12.3 Å². The highest BCUT2D eigenvalue weighted by Crippen LogP contribution is 2.24. The number of aromatic carboxylic acids is 1. The first-order valence-electron chi connectivity index (χ1n) is 8.08. The van der Waals surface area contributed by atoms with Crippen LogP contribution >= 0.6 is 0 Å². The van der Waals surface area contributed by atoms with Crippen molar-refractivity contribution < 1.29 is 23.1 Å². The third-order valence-corrected chi connectivity index (χ3v) is 5.52. The van der Waals surface area contributed by atoms with Crippen LogP contribution in [0.1, 0.15) is 43.5 Å². The monoisotopic (exact) mass is 356 g/mol. The second kappa shape index (κ2) is 7.96. The summed E-state index contributed by atoms with van der Waals surface area (Å²) in [5, 5.41) is 12.3. The third-order valence-electron chi connectivity index (χ3n) is 4.06. The van der Waals surface area contributed by atoms with Crippen molar-refractivity contribution in [2.45, 2.75) is 50.2 Å². The van der Waals surface area contributed by atoms with Crippen LogP contribution < -0.4 is 10.0 Å². The third kappa shape index (κ3) is 4.68. The van der Waals surface area contributed by atoms with E-state index in [1.807, 2.05) is 13.8 Å². The highest BCUT2D eigenvalue weighted by Gasteiger charge is 2.24. The first kappa shape index (κ1) is 18.7. The molecule has 0 bridgehead atoms. The highest BCUT2D eigenvalue weighted by atomic mass is 32.2. The number of carboxylic acids is 1. The van der Waals surface area contributed by atoms with Crippen LogP contribution in [0.3, 0.4) is 0 Å². The number of rotatable bonds is 8. The van der Waals surface area contributed by atoms with Gasteiger partial charge in [-0.05, 0) is 44.4 Å².